The number of hydrogen-bond donors (Lipinski definition) is 0. The summed E-state index contributed by atoms with van der Waals surface area (Å²) in [6.07, 6.45) is 9.57. The first-order valence-electron chi connectivity index (χ1n) is 8.71. The van der Waals surface area contributed by atoms with Gasteiger partial charge in [0.25, 0.3) is 0 Å². The van der Waals surface area contributed by atoms with Gasteiger partial charge in [0.1, 0.15) is 0 Å². The topological polar surface area (TPSA) is 0 Å². The smallest absolute Gasteiger partial charge is 0.694 e. The molecule has 0 fully saturated rings. The van der Waals surface area contributed by atoms with Gasteiger partial charge in [0.15, 0.2) is 0 Å². The summed E-state index contributed by atoms with van der Waals surface area (Å²) in [5, 5.41) is 4.19. The van der Waals surface area contributed by atoms with Gasteiger partial charge in [0.2, 0.25) is 0 Å². The maximum Gasteiger partial charge on any atom is 1.00 e. The van der Waals surface area contributed by atoms with Gasteiger partial charge in [-0.05, 0) is 36.7 Å². The van der Waals surface area contributed by atoms with Gasteiger partial charge in [0, 0.05) is 0 Å². The summed E-state index contributed by atoms with van der Waals surface area (Å²) >= 11 is 0. The van der Waals surface area contributed by atoms with Crippen molar-refractivity contribution in [2.45, 2.75) is 26.2 Å². The van der Waals surface area contributed by atoms with Crippen molar-refractivity contribution >= 4 is 23.8 Å². The monoisotopic (exact) mass is 540 g/mol. The zero-order valence-corrected chi connectivity index (χ0v) is 18.1. The van der Waals surface area contributed by atoms with E-state index < -0.39 is 7.92 Å². The van der Waals surface area contributed by atoms with Gasteiger partial charge in [-0.3, -0.25) is 0 Å². The number of benzene rings is 3. The van der Waals surface area contributed by atoms with Crippen molar-refractivity contribution < 1.29 is 22.4 Å². The van der Waals surface area contributed by atoms with Crippen LogP contribution < -0.4 is 15.9 Å². The normalized spacial score (nSPS) is 9.42. The molecule has 0 atom stereocenters. The van der Waals surface area contributed by atoms with Crippen LogP contribution in [0.5, 0.6) is 0 Å². The summed E-state index contributed by atoms with van der Waals surface area (Å²) in [4.78, 5) is 0. The minimum Gasteiger partial charge on any atom is -0.694 e. The number of unbranched alkanes of at least 4 members (excludes halogenated alkanes) is 2. The molecule has 0 amide bonds. The molecule has 0 saturated carbocycles. The Balaban J connectivity index is 0.000000422. The molecule has 136 valence electrons. The first-order chi connectivity index (χ1) is 12.4. The van der Waals surface area contributed by atoms with E-state index in [2.05, 4.69) is 104 Å². The van der Waals surface area contributed by atoms with Gasteiger partial charge < -0.3 is 12.3 Å². The maximum atomic E-state index is 6.46. The fourth-order valence-corrected chi connectivity index (χ4v) is 4.75. The van der Waals surface area contributed by atoms with E-state index >= 15 is 0 Å². The van der Waals surface area contributed by atoms with Crippen LogP contribution in [0.4, 0.5) is 0 Å². The van der Waals surface area contributed by atoms with Gasteiger partial charge in [-0.1, -0.05) is 104 Å². The molecule has 3 aromatic rings. The van der Waals surface area contributed by atoms with Crippen LogP contribution in [0.25, 0.3) is 0 Å². The second kappa shape index (κ2) is 13.6. The predicted molar refractivity (Wildman–Crippen MR) is 112 cm³/mol. The van der Waals surface area contributed by atoms with Crippen LogP contribution in [0.3, 0.4) is 0 Å². The van der Waals surface area contributed by atoms with Crippen LogP contribution >= 0.6 is 7.92 Å². The Morgan fingerprint density at radius 3 is 1.27 bits per heavy atom. The van der Waals surface area contributed by atoms with Crippen molar-refractivity contribution in [2.24, 2.45) is 0 Å². The molecule has 0 saturated heterocycles. The predicted octanol–water partition coefficient (Wildman–Crippen LogP) is 5.21. The molecule has 0 aliphatic carbocycles. The maximum absolute atomic E-state index is 6.46. The fraction of sp³-hybridized carbons (Fsp3) is 0.167. The zero-order chi connectivity index (χ0) is 17.7. The molecule has 0 aromatic heterocycles. The van der Waals surface area contributed by atoms with Crippen molar-refractivity contribution in [1.29, 1.82) is 0 Å². The van der Waals surface area contributed by atoms with Gasteiger partial charge >= 0.3 is 22.4 Å². The molecule has 2 heteroatoms. The van der Waals surface area contributed by atoms with Crippen molar-refractivity contribution in [3.8, 4) is 5.92 Å². The Hall–Kier alpha value is -1.61. The molecule has 0 unspecified atom stereocenters. The van der Waals surface area contributed by atoms with E-state index in [-0.39, 0.29) is 22.4 Å². The fourth-order valence-electron chi connectivity index (χ4n) is 2.44. The largest absolute Gasteiger partial charge is 1.00 e. The Labute approximate surface area is 175 Å². The summed E-state index contributed by atoms with van der Waals surface area (Å²) in [5.74, 6) is 2.32. The Kier molecular flexibility index (Phi) is 11.7. The van der Waals surface area contributed by atoms with Crippen LogP contribution in [0.2, 0.25) is 0 Å². The molecular weight excluding hydrogens is 516 g/mol. The van der Waals surface area contributed by atoms with E-state index in [4.69, 9.17) is 6.42 Å². The average molecular weight is 540 g/mol. The average Bonchev–Trinajstić information content (AvgIpc) is 2.70. The number of rotatable bonds is 5. The van der Waals surface area contributed by atoms with Crippen molar-refractivity contribution in [3.63, 3.8) is 0 Å². The standard InChI is InChI=1S/C18H15P.C6H9.Au/c1-4-10-16(11-5-1)19(17-12-6-2-7-13-17)18-14-8-3-9-15-18;1-3-5-6-4-2;/h1-15H;3,5-6H2,1H3;/q;-1;+1. The van der Waals surface area contributed by atoms with Crippen LogP contribution in [0.15, 0.2) is 91.0 Å². The van der Waals surface area contributed by atoms with Gasteiger partial charge in [-0.25, -0.2) is 0 Å². The summed E-state index contributed by atoms with van der Waals surface area (Å²) in [6, 6.07) is 32.3. The number of hydrogen-bond acceptors (Lipinski definition) is 0. The molecule has 3 rings (SSSR count). The Morgan fingerprint density at radius 1 is 0.692 bits per heavy atom. The summed E-state index contributed by atoms with van der Waals surface area (Å²) in [6.45, 7) is 2.11. The van der Waals surface area contributed by atoms with Gasteiger partial charge in [-0.15, -0.1) is 0 Å². The van der Waals surface area contributed by atoms with Gasteiger partial charge in [-0.2, -0.15) is 0 Å². The SMILES string of the molecule is [Au+].[C-]#CCCCC.c1ccc(P(c2ccccc2)c2ccccc2)cc1. The van der Waals surface area contributed by atoms with Crippen LogP contribution in [0, 0.1) is 12.3 Å². The molecule has 0 aliphatic heterocycles. The first-order valence-corrected chi connectivity index (χ1v) is 10.1. The molecule has 0 nitrogen and oxygen atoms in total. The van der Waals surface area contributed by atoms with Crippen LogP contribution in [0.1, 0.15) is 26.2 Å². The Morgan fingerprint density at radius 2 is 1.04 bits per heavy atom. The minimum atomic E-state index is -0.446. The van der Waals surface area contributed by atoms with Gasteiger partial charge in [0.05, 0.1) is 0 Å². The molecule has 0 spiro atoms. The third-order valence-electron chi connectivity index (χ3n) is 3.70. The van der Waals surface area contributed by atoms with E-state index in [0.717, 1.165) is 12.8 Å². The van der Waals surface area contributed by atoms with E-state index in [0.29, 0.717) is 0 Å². The second-order valence-corrected chi connectivity index (χ2v) is 7.84. The van der Waals surface area contributed by atoms with Crippen molar-refractivity contribution in [3.05, 3.63) is 97.4 Å². The van der Waals surface area contributed by atoms with Crippen LogP contribution in [-0.2, 0) is 22.4 Å². The second-order valence-electron chi connectivity index (χ2n) is 5.62. The molecule has 0 heterocycles. The zero-order valence-electron chi connectivity index (χ0n) is 15.0. The third kappa shape index (κ3) is 7.33. The quantitative estimate of drug-likeness (QED) is 0.137. The summed E-state index contributed by atoms with van der Waals surface area (Å²) in [5.41, 5.74) is 0. The van der Waals surface area contributed by atoms with Crippen molar-refractivity contribution in [2.75, 3.05) is 0 Å². The minimum absolute atomic E-state index is 0. The molecule has 0 N–H and O–H groups in total. The van der Waals surface area contributed by atoms with E-state index in [1.807, 2.05) is 0 Å². The third-order valence-corrected chi connectivity index (χ3v) is 6.14. The van der Waals surface area contributed by atoms with Crippen molar-refractivity contribution in [1.82, 2.24) is 0 Å². The molecule has 0 bridgehead atoms. The molecule has 26 heavy (non-hydrogen) atoms. The molecule has 0 radical (unpaired) electrons. The van der Waals surface area contributed by atoms with E-state index in [9.17, 15) is 0 Å². The molecule has 0 aliphatic rings. The Bertz CT molecular complexity index is 655. The summed E-state index contributed by atoms with van der Waals surface area (Å²) < 4.78 is 0. The first kappa shape index (κ1) is 22.4. The van der Waals surface area contributed by atoms with Crippen LogP contribution in [-0.4, -0.2) is 0 Å². The van der Waals surface area contributed by atoms with E-state index in [1.54, 1.807) is 0 Å². The molecular formula is C24H24AuP. The summed E-state index contributed by atoms with van der Waals surface area (Å²) in [7, 11) is -0.446. The van der Waals surface area contributed by atoms with E-state index in [1.165, 1.54) is 22.3 Å². The molecule has 3 aromatic carbocycles.